The fourth-order valence-corrected chi connectivity index (χ4v) is 2.13. The molecule has 2 rings (SSSR count). The Bertz CT molecular complexity index is 444. The van der Waals surface area contributed by atoms with E-state index < -0.39 is 0 Å². The van der Waals surface area contributed by atoms with E-state index in [0.717, 1.165) is 31.0 Å². The van der Waals surface area contributed by atoms with E-state index in [1.54, 1.807) is 0 Å². The summed E-state index contributed by atoms with van der Waals surface area (Å²) in [5, 5.41) is 11.5. The van der Waals surface area contributed by atoms with Crippen LogP contribution in [-0.2, 0) is 6.54 Å². The SMILES string of the molecule is CCCN(C)Cc1cn[nH]c1C1=CCN=[N+]1C. The second-order valence-electron chi connectivity index (χ2n) is 4.44. The number of rotatable bonds is 5. The third-order valence-corrected chi connectivity index (χ3v) is 2.95. The molecule has 1 aromatic rings. The lowest BCUT2D eigenvalue weighted by Crippen LogP contribution is -2.19. The van der Waals surface area contributed by atoms with Gasteiger partial charge < -0.3 is 4.90 Å². The molecule has 17 heavy (non-hydrogen) atoms. The molecule has 0 bridgehead atoms. The quantitative estimate of drug-likeness (QED) is 0.788. The molecular formula is C12H20N5+. The molecule has 92 valence electrons. The number of H-pyrrole nitrogens is 1. The van der Waals surface area contributed by atoms with E-state index in [9.17, 15) is 0 Å². The summed E-state index contributed by atoms with van der Waals surface area (Å²) >= 11 is 0. The second kappa shape index (κ2) is 5.23. The van der Waals surface area contributed by atoms with Gasteiger partial charge in [-0.1, -0.05) is 11.6 Å². The first kappa shape index (κ1) is 12.0. The van der Waals surface area contributed by atoms with Crippen LogP contribution in [0.4, 0.5) is 0 Å². The van der Waals surface area contributed by atoms with E-state index in [1.807, 2.05) is 17.9 Å². The van der Waals surface area contributed by atoms with Crippen LogP contribution in [0.15, 0.2) is 17.4 Å². The number of azo groups is 2. The average Bonchev–Trinajstić information content (AvgIpc) is 2.87. The predicted molar refractivity (Wildman–Crippen MR) is 66.7 cm³/mol. The van der Waals surface area contributed by atoms with E-state index in [4.69, 9.17) is 0 Å². The largest absolute Gasteiger partial charge is 0.302 e. The van der Waals surface area contributed by atoms with E-state index >= 15 is 0 Å². The molecule has 0 saturated carbocycles. The number of hydrogen-bond donors (Lipinski definition) is 1. The van der Waals surface area contributed by atoms with Crippen LogP contribution in [0, 0.1) is 0 Å². The normalized spacial score (nSPS) is 15.3. The summed E-state index contributed by atoms with van der Waals surface area (Å²) in [6, 6.07) is 0. The van der Waals surface area contributed by atoms with Crippen LogP contribution in [-0.4, -0.2) is 47.0 Å². The van der Waals surface area contributed by atoms with Crippen molar-refractivity contribution in [1.82, 2.24) is 15.1 Å². The molecule has 2 heterocycles. The maximum Gasteiger partial charge on any atom is 0.254 e. The summed E-state index contributed by atoms with van der Waals surface area (Å²) in [6.45, 7) is 4.97. The van der Waals surface area contributed by atoms with Gasteiger partial charge in [0.15, 0.2) is 7.05 Å². The molecule has 1 aliphatic heterocycles. The first-order valence-corrected chi connectivity index (χ1v) is 6.04. The maximum absolute atomic E-state index is 4.31. The summed E-state index contributed by atoms with van der Waals surface area (Å²) in [5.41, 5.74) is 3.45. The minimum Gasteiger partial charge on any atom is -0.302 e. The van der Waals surface area contributed by atoms with Crippen molar-refractivity contribution in [1.29, 1.82) is 0 Å². The summed E-state index contributed by atoms with van der Waals surface area (Å²) < 4.78 is 1.91. The lowest BCUT2D eigenvalue weighted by molar-refractivity contribution is -0.467. The van der Waals surface area contributed by atoms with Crippen molar-refractivity contribution in [3.63, 3.8) is 0 Å². The lowest BCUT2D eigenvalue weighted by Gasteiger charge is -2.14. The first-order chi connectivity index (χ1) is 8.22. The van der Waals surface area contributed by atoms with Crippen molar-refractivity contribution in [2.24, 2.45) is 5.11 Å². The monoisotopic (exact) mass is 234 g/mol. The topological polar surface area (TPSA) is 47.3 Å². The molecular weight excluding hydrogens is 214 g/mol. The third kappa shape index (κ3) is 2.61. The third-order valence-electron chi connectivity index (χ3n) is 2.95. The predicted octanol–water partition coefficient (Wildman–Crippen LogP) is 1.70. The van der Waals surface area contributed by atoms with E-state index in [-0.39, 0.29) is 0 Å². The van der Waals surface area contributed by atoms with E-state index in [1.165, 1.54) is 12.0 Å². The van der Waals surface area contributed by atoms with Gasteiger partial charge in [0.05, 0.1) is 6.20 Å². The lowest BCUT2D eigenvalue weighted by atomic mass is 10.2. The van der Waals surface area contributed by atoms with Gasteiger partial charge in [-0.3, -0.25) is 5.10 Å². The molecule has 0 fully saturated rings. The van der Waals surface area contributed by atoms with Crippen molar-refractivity contribution in [2.45, 2.75) is 19.9 Å². The van der Waals surface area contributed by atoms with Crippen LogP contribution >= 0.6 is 0 Å². The Morgan fingerprint density at radius 3 is 3.00 bits per heavy atom. The minimum atomic E-state index is 0.759. The van der Waals surface area contributed by atoms with Crippen molar-refractivity contribution < 1.29 is 4.70 Å². The molecule has 0 amide bonds. The summed E-state index contributed by atoms with van der Waals surface area (Å²) in [5.74, 6) is 0. The van der Waals surface area contributed by atoms with Gasteiger partial charge in [-0.05, 0) is 25.1 Å². The highest BCUT2D eigenvalue weighted by atomic mass is 15.3. The second-order valence-corrected chi connectivity index (χ2v) is 4.44. The molecule has 1 aromatic heterocycles. The van der Waals surface area contributed by atoms with Gasteiger partial charge in [-0.25, -0.2) is 0 Å². The molecule has 5 heteroatoms. The molecule has 1 N–H and O–H groups in total. The maximum atomic E-state index is 4.31. The summed E-state index contributed by atoms with van der Waals surface area (Å²) in [4.78, 5) is 2.31. The average molecular weight is 234 g/mol. The highest BCUT2D eigenvalue weighted by Gasteiger charge is 2.23. The smallest absolute Gasteiger partial charge is 0.254 e. The highest BCUT2D eigenvalue weighted by molar-refractivity contribution is 5.58. The van der Waals surface area contributed by atoms with Gasteiger partial charge in [-0.2, -0.15) is 5.10 Å². The highest BCUT2D eigenvalue weighted by Crippen LogP contribution is 2.21. The van der Waals surface area contributed by atoms with Crippen LogP contribution < -0.4 is 0 Å². The fourth-order valence-electron chi connectivity index (χ4n) is 2.13. The molecule has 0 unspecified atom stereocenters. The first-order valence-electron chi connectivity index (χ1n) is 6.04. The van der Waals surface area contributed by atoms with Crippen molar-refractivity contribution in [2.75, 3.05) is 27.2 Å². The number of aromatic amines is 1. The van der Waals surface area contributed by atoms with E-state index in [2.05, 4.69) is 40.3 Å². The summed E-state index contributed by atoms with van der Waals surface area (Å²) in [7, 11) is 4.11. The summed E-state index contributed by atoms with van der Waals surface area (Å²) in [6.07, 6.45) is 5.20. The number of hydrogen-bond acceptors (Lipinski definition) is 3. The van der Waals surface area contributed by atoms with Crippen LogP contribution in [0.25, 0.3) is 5.70 Å². The number of nitrogens with zero attached hydrogens (tertiary/aromatic N) is 4. The Balaban J connectivity index is 2.15. The van der Waals surface area contributed by atoms with Crippen LogP contribution in [0.5, 0.6) is 0 Å². The van der Waals surface area contributed by atoms with Crippen molar-refractivity contribution in [3.8, 4) is 0 Å². The van der Waals surface area contributed by atoms with Gasteiger partial charge in [0.2, 0.25) is 0 Å². The Morgan fingerprint density at radius 1 is 1.53 bits per heavy atom. The van der Waals surface area contributed by atoms with Gasteiger partial charge in [0.25, 0.3) is 5.70 Å². The molecule has 0 radical (unpaired) electrons. The molecule has 5 nitrogen and oxygen atoms in total. The molecule has 1 aliphatic rings. The number of nitrogens with one attached hydrogen (secondary N) is 1. The minimum absolute atomic E-state index is 0.759. The molecule has 0 atom stereocenters. The van der Waals surface area contributed by atoms with Crippen LogP contribution in [0.1, 0.15) is 24.6 Å². The van der Waals surface area contributed by atoms with Gasteiger partial charge in [-0.15, -0.1) is 0 Å². The molecule has 0 spiro atoms. The zero-order valence-corrected chi connectivity index (χ0v) is 10.8. The zero-order valence-electron chi connectivity index (χ0n) is 10.8. The fraction of sp³-hybridized carbons (Fsp3) is 0.583. The number of aromatic nitrogens is 2. The van der Waals surface area contributed by atoms with Crippen LogP contribution in [0.2, 0.25) is 0 Å². The Hall–Kier alpha value is -1.49. The van der Waals surface area contributed by atoms with E-state index in [0.29, 0.717) is 0 Å². The Morgan fingerprint density at radius 2 is 2.35 bits per heavy atom. The van der Waals surface area contributed by atoms with Crippen molar-refractivity contribution in [3.05, 3.63) is 23.5 Å². The van der Waals surface area contributed by atoms with Gasteiger partial charge in [0, 0.05) is 18.2 Å². The molecule has 0 aromatic carbocycles. The zero-order chi connectivity index (χ0) is 12.3. The Labute approximate surface area is 102 Å². The van der Waals surface area contributed by atoms with Crippen LogP contribution in [0.3, 0.4) is 0 Å². The van der Waals surface area contributed by atoms with Gasteiger partial charge >= 0.3 is 0 Å². The Kier molecular flexibility index (Phi) is 3.68. The standard InChI is InChI=1S/C12H20N5/c1-4-7-16(2)9-10-8-13-15-12(10)11-5-6-14-17(11)3/h5,8H,4,6-7,9H2,1-3H3,(H,13,15)/q+1. The molecule has 0 saturated heterocycles. The van der Waals surface area contributed by atoms with Gasteiger partial charge in [0.1, 0.15) is 12.2 Å². The molecule has 0 aliphatic carbocycles. The van der Waals surface area contributed by atoms with Crippen molar-refractivity contribution >= 4 is 5.70 Å².